The van der Waals surface area contributed by atoms with Gasteiger partial charge >= 0.3 is 5.97 Å². The molecule has 152 valence electrons. The van der Waals surface area contributed by atoms with Crippen LogP contribution in [0.1, 0.15) is 67.3 Å². The highest BCUT2D eigenvalue weighted by molar-refractivity contribution is 5.87. The number of hydrogen-bond acceptors (Lipinski definition) is 3. The summed E-state index contributed by atoms with van der Waals surface area (Å²) in [5.41, 5.74) is 1.29. The minimum Gasteiger partial charge on any atom is -0.478 e. The summed E-state index contributed by atoms with van der Waals surface area (Å²) in [4.78, 5) is 25.1. The molecule has 1 heterocycles. The van der Waals surface area contributed by atoms with Crippen molar-refractivity contribution in [1.82, 2.24) is 4.90 Å². The number of aromatic carboxylic acids is 1. The fourth-order valence-electron chi connectivity index (χ4n) is 4.37. The molecule has 1 aliphatic heterocycles. The van der Waals surface area contributed by atoms with Gasteiger partial charge in [-0.1, -0.05) is 50.0 Å². The number of nitrogens with zero attached hydrogens (tertiary/aromatic N) is 1. The van der Waals surface area contributed by atoms with Crippen LogP contribution >= 0.6 is 0 Å². The maximum Gasteiger partial charge on any atom is 0.335 e. The number of rotatable bonds is 9. The lowest BCUT2D eigenvalue weighted by Gasteiger charge is -2.23. The molecule has 1 saturated heterocycles. The molecule has 0 unspecified atom stereocenters. The molecule has 0 spiro atoms. The fourth-order valence-corrected chi connectivity index (χ4v) is 4.37. The standard InChI is InChI=1S/C23H31NO4/c25-21(12-7-17-3-1-2-4-17)13-10-20-11-14-22(26)24(20)16-15-18-5-8-19(9-6-18)23(27)28/h5-6,8-10,13,17,20-21,25H,1-4,7,11-12,14-16H2,(H,27,28)/b13-10+/t20-,21-/m0/s1. The van der Waals surface area contributed by atoms with E-state index in [2.05, 4.69) is 0 Å². The second-order valence-electron chi connectivity index (χ2n) is 8.13. The molecule has 5 nitrogen and oxygen atoms in total. The van der Waals surface area contributed by atoms with E-state index in [-0.39, 0.29) is 17.5 Å². The predicted molar refractivity (Wildman–Crippen MR) is 108 cm³/mol. The van der Waals surface area contributed by atoms with Crippen LogP contribution < -0.4 is 0 Å². The second kappa shape index (κ2) is 9.87. The summed E-state index contributed by atoms with van der Waals surface area (Å²) in [7, 11) is 0. The van der Waals surface area contributed by atoms with E-state index in [0.29, 0.717) is 19.4 Å². The van der Waals surface area contributed by atoms with Crippen molar-refractivity contribution >= 4 is 11.9 Å². The van der Waals surface area contributed by atoms with Crippen LogP contribution in [0.5, 0.6) is 0 Å². The number of aliphatic hydroxyl groups is 1. The zero-order valence-corrected chi connectivity index (χ0v) is 16.4. The molecule has 1 aromatic carbocycles. The molecule has 0 bridgehead atoms. The predicted octanol–water partition coefficient (Wildman–Crippen LogP) is 3.81. The zero-order valence-electron chi connectivity index (χ0n) is 16.4. The summed E-state index contributed by atoms with van der Waals surface area (Å²) < 4.78 is 0. The van der Waals surface area contributed by atoms with Crippen molar-refractivity contribution in [3.63, 3.8) is 0 Å². The summed E-state index contributed by atoms with van der Waals surface area (Å²) in [5, 5.41) is 19.2. The van der Waals surface area contributed by atoms with Gasteiger partial charge in [0.2, 0.25) is 5.91 Å². The van der Waals surface area contributed by atoms with E-state index in [1.165, 1.54) is 25.7 Å². The van der Waals surface area contributed by atoms with Crippen molar-refractivity contribution in [2.75, 3.05) is 6.54 Å². The van der Waals surface area contributed by atoms with Crippen molar-refractivity contribution in [3.8, 4) is 0 Å². The second-order valence-corrected chi connectivity index (χ2v) is 8.13. The number of likely N-dealkylation sites (tertiary alicyclic amines) is 1. The lowest BCUT2D eigenvalue weighted by molar-refractivity contribution is -0.128. The van der Waals surface area contributed by atoms with Gasteiger partial charge in [0.1, 0.15) is 0 Å². The van der Waals surface area contributed by atoms with Gasteiger partial charge in [-0.15, -0.1) is 0 Å². The summed E-state index contributed by atoms with van der Waals surface area (Å²) in [6.45, 7) is 0.610. The molecule has 1 amide bonds. The largest absolute Gasteiger partial charge is 0.478 e. The van der Waals surface area contributed by atoms with Gasteiger partial charge in [-0.3, -0.25) is 4.79 Å². The Hall–Kier alpha value is -2.14. The van der Waals surface area contributed by atoms with Gasteiger partial charge in [0.05, 0.1) is 17.7 Å². The molecule has 0 aromatic heterocycles. The first kappa shape index (κ1) is 20.6. The molecule has 5 heteroatoms. The Labute approximate surface area is 167 Å². The monoisotopic (exact) mass is 385 g/mol. The van der Waals surface area contributed by atoms with Gasteiger partial charge < -0.3 is 15.1 Å². The van der Waals surface area contributed by atoms with Crippen LogP contribution in [0.3, 0.4) is 0 Å². The number of carboxylic acids is 1. The summed E-state index contributed by atoms with van der Waals surface area (Å²) in [6.07, 6.45) is 12.6. The van der Waals surface area contributed by atoms with Crippen molar-refractivity contribution in [3.05, 3.63) is 47.5 Å². The summed E-state index contributed by atoms with van der Waals surface area (Å²) in [6, 6.07) is 6.86. The van der Waals surface area contributed by atoms with Gasteiger partial charge in [-0.2, -0.15) is 0 Å². The molecule has 28 heavy (non-hydrogen) atoms. The molecule has 3 rings (SSSR count). The fraction of sp³-hybridized carbons (Fsp3) is 0.565. The summed E-state index contributed by atoms with van der Waals surface area (Å²) >= 11 is 0. The van der Waals surface area contributed by atoms with Crippen LogP contribution in [0.2, 0.25) is 0 Å². The molecule has 2 N–H and O–H groups in total. The molecule has 2 aliphatic rings. The summed E-state index contributed by atoms with van der Waals surface area (Å²) in [5.74, 6) is -0.00432. The van der Waals surface area contributed by atoms with Gasteiger partial charge in [0, 0.05) is 13.0 Å². The number of carbonyl (C=O) groups excluding carboxylic acids is 1. The average molecular weight is 386 g/mol. The van der Waals surface area contributed by atoms with Gasteiger partial charge in [-0.05, 0) is 49.3 Å². The van der Waals surface area contributed by atoms with Crippen LogP contribution in [-0.4, -0.2) is 45.7 Å². The molecule has 0 radical (unpaired) electrons. The molecule has 2 atom stereocenters. The number of benzene rings is 1. The maximum atomic E-state index is 12.2. The SMILES string of the molecule is O=C(O)c1ccc(CCN2C(=O)CC[C@@H]2/C=C/[C@@H](O)CCC2CCCC2)cc1. The third-order valence-electron chi connectivity index (χ3n) is 6.12. The van der Waals surface area contributed by atoms with Crippen LogP contribution in [0.25, 0.3) is 0 Å². The van der Waals surface area contributed by atoms with Crippen molar-refractivity contribution < 1.29 is 19.8 Å². The third-order valence-corrected chi connectivity index (χ3v) is 6.12. The third kappa shape index (κ3) is 5.68. The van der Waals surface area contributed by atoms with Gasteiger partial charge in [0.15, 0.2) is 0 Å². The molecule has 1 aliphatic carbocycles. The normalized spacial score (nSPS) is 21.7. The van der Waals surface area contributed by atoms with Crippen LogP contribution in [0.4, 0.5) is 0 Å². The molecule has 1 saturated carbocycles. The quantitative estimate of drug-likeness (QED) is 0.634. The van der Waals surface area contributed by atoms with E-state index in [4.69, 9.17) is 5.11 Å². The zero-order chi connectivity index (χ0) is 19.9. The van der Waals surface area contributed by atoms with Crippen molar-refractivity contribution in [2.24, 2.45) is 5.92 Å². The first-order valence-electron chi connectivity index (χ1n) is 10.5. The minimum atomic E-state index is -0.932. The Balaban J connectivity index is 1.48. The highest BCUT2D eigenvalue weighted by Crippen LogP contribution is 2.29. The van der Waals surface area contributed by atoms with Gasteiger partial charge in [0.25, 0.3) is 0 Å². The van der Waals surface area contributed by atoms with E-state index < -0.39 is 12.1 Å². The van der Waals surface area contributed by atoms with E-state index in [1.54, 1.807) is 12.1 Å². The number of aliphatic hydroxyl groups excluding tert-OH is 1. The van der Waals surface area contributed by atoms with E-state index in [0.717, 1.165) is 30.7 Å². The van der Waals surface area contributed by atoms with Crippen molar-refractivity contribution in [2.45, 2.75) is 69.9 Å². The van der Waals surface area contributed by atoms with E-state index in [9.17, 15) is 14.7 Å². The van der Waals surface area contributed by atoms with Gasteiger partial charge in [-0.25, -0.2) is 4.79 Å². The number of hydrogen-bond donors (Lipinski definition) is 2. The smallest absolute Gasteiger partial charge is 0.335 e. The first-order chi connectivity index (χ1) is 13.5. The topological polar surface area (TPSA) is 77.8 Å². The molecular weight excluding hydrogens is 354 g/mol. The lowest BCUT2D eigenvalue weighted by atomic mass is 9.99. The minimum absolute atomic E-state index is 0.0481. The number of carbonyl (C=O) groups is 2. The Morgan fingerprint density at radius 3 is 2.57 bits per heavy atom. The highest BCUT2D eigenvalue weighted by atomic mass is 16.4. The van der Waals surface area contributed by atoms with E-state index in [1.807, 2.05) is 29.2 Å². The highest BCUT2D eigenvalue weighted by Gasteiger charge is 2.28. The Kier molecular flexibility index (Phi) is 7.26. The first-order valence-corrected chi connectivity index (χ1v) is 10.5. The van der Waals surface area contributed by atoms with Crippen LogP contribution in [0, 0.1) is 5.92 Å². The molecule has 2 fully saturated rings. The Morgan fingerprint density at radius 2 is 1.89 bits per heavy atom. The lowest BCUT2D eigenvalue weighted by Crippen LogP contribution is -2.33. The Morgan fingerprint density at radius 1 is 1.18 bits per heavy atom. The van der Waals surface area contributed by atoms with Crippen LogP contribution in [-0.2, 0) is 11.2 Å². The average Bonchev–Trinajstić information content (AvgIpc) is 3.33. The Bertz CT molecular complexity index is 691. The van der Waals surface area contributed by atoms with Crippen molar-refractivity contribution in [1.29, 1.82) is 0 Å². The molecular formula is C23H31NO4. The van der Waals surface area contributed by atoms with Crippen LogP contribution in [0.15, 0.2) is 36.4 Å². The maximum absolute atomic E-state index is 12.2. The number of amides is 1. The van der Waals surface area contributed by atoms with E-state index >= 15 is 0 Å². The number of carboxylic acid groups (broad SMARTS) is 1. The molecule has 1 aromatic rings.